The average molecular weight is 230 g/mol. The summed E-state index contributed by atoms with van der Waals surface area (Å²) in [6.45, 7) is 4.39. The Morgan fingerprint density at radius 2 is 2.06 bits per heavy atom. The first kappa shape index (κ1) is 12.3. The Labute approximate surface area is 104 Å². The van der Waals surface area contributed by atoms with Gasteiger partial charge >= 0.3 is 0 Å². The van der Waals surface area contributed by atoms with E-state index in [1.807, 2.05) is 18.2 Å². The van der Waals surface area contributed by atoms with Crippen molar-refractivity contribution < 1.29 is 4.79 Å². The SMILES string of the molecule is CCc1ccccc1C(=O)C1CCCC(C)C1. The second kappa shape index (κ2) is 5.48. The third-order valence-electron chi connectivity index (χ3n) is 3.97. The van der Waals surface area contributed by atoms with E-state index in [0.29, 0.717) is 11.7 Å². The number of rotatable bonds is 3. The fourth-order valence-corrected chi connectivity index (χ4v) is 2.96. The van der Waals surface area contributed by atoms with E-state index in [9.17, 15) is 4.79 Å². The molecule has 2 atom stereocenters. The van der Waals surface area contributed by atoms with Gasteiger partial charge in [-0.2, -0.15) is 0 Å². The van der Waals surface area contributed by atoms with Crippen LogP contribution in [0.3, 0.4) is 0 Å². The van der Waals surface area contributed by atoms with Gasteiger partial charge in [0, 0.05) is 11.5 Å². The molecule has 0 heterocycles. The molecule has 1 aliphatic rings. The molecule has 1 aliphatic carbocycles. The lowest BCUT2D eigenvalue weighted by atomic mass is 9.78. The lowest BCUT2D eigenvalue weighted by Crippen LogP contribution is -2.22. The van der Waals surface area contributed by atoms with Gasteiger partial charge in [-0.05, 0) is 30.7 Å². The van der Waals surface area contributed by atoms with E-state index in [-0.39, 0.29) is 5.92 Å². The van der Waals surface area contributed by atoms with Crippen LogP contribution in [0.15, 0.2) is 24.3 Å². The molecule has 0 amide bonds. The van der Waals surface area contributed by atoms with Crippen molar-refractivity contribution in [3.8, 4) is 0 Å². The normalized spacial score (nSPS) is 24.6. The van der Waals surface area contributed by atoms with Crippen molar-refractivity contribution in [3.05, 3.63) is 35.4 Å². The maximum Gasteiger partial charge on any atom is 0.166 e. The minimum atomic E-state index is 0.270. The average Bonchev–Trinajstić information content (AvgIpc) is 2.38. The van der Waals surface area contributed by atoms with Gasteiger partial charge in [0.05, 0.1) is 0 Å². The Kier molecular flexibility index (Phi) is 3.98. The quantitative estimate of drug-likeness (QED) is 0.709. The molecule has 1 heteroatoms. The summed E-state index contributed by atoms with van der Waals surface area (Å²) >= 11 is 0. The van der Waals surface area contributed by atoms with Crippen LogP contribution in [-0.4, -0.2) is 5.78 Å². The van der Waals surface area contributed by atoms with Crippen molar-refractivity contribution in [2.45, 2.75) is 46.0 Å². The molecule has 0 aliphatic heterocycles. The molecule has 1 fully saturated rings. The Morgan fingerprint density at radius 1 is 1.29 bits per heavy atom. The summed E-state index contributed by atoms with van der Waals surface area (Å²) in [5, 5.41) is 0. The fraction of sp³-hybridized carbons (Fsp3) is 0.562. The summed E-state index contributed by atoms with van der Waals surface area (Å²) in [6, 6.07) is 8.09. The Bertz CT molecular complexity index is 394. The first-order valence-corrected chi connectivity index (χ1v) is 6.84. The second-order valence-corrected chi connectivity index (χ2v) is 5.34. The first-order valence-electron chi connectivity index (χ1n) is 6.84. The Morgan fingerprint density at radius 3 is 2.76 bits per heavy atom. The highest BCUT2D eigenvalue weighted by atomic mass is 16.1. The number of aryl methyl sites for hydroxylation is 1. The number of Topliss-reactive ketones (excluding diaryl/α,β-unsaturated/α-hetero) is 1. The van der Waals surface area contributed by atoms with Gasteiger partial charge in [0.25, 0.3) is 0 Å². The topological polar surface area (TPSA) is 17.1 Å². The fourth-order valence-electron chi connectivity index (χ4n) is 2.96. The molecule has 0 saturated heterocycles. The lowest BCUT2D eigenvalue weighted by Gasteiger charge is -2.26. The maximum absolute atomic E-state index is 12.5. The molecule has 0 spiro atoms. The lowest BCUT2D eigenvalue weighted by molar-refractivity contribution is 0.0867. The highest BCUT2D eigenvalue weighted by Crippen LogP contribution is 2.31. The maximum atomic E-state index is 12.5. The van der Waals surface area contributed by atoms with Crippen LogP contribution in [0, 0.1) is 11.8 Å². The number of benzene rings is 1. The zero-order valence-electron chi connectivity index (χ0n) is 10.9. The van der Waals surface area contributed by atoms with Crippen molar-refractivity contribution in [2.24, 2.45) is 11.8 Å². The van der Waals surface area contributed by atoms with Gasteiger partial charge in [0.2, 0.25) is 0 Å². The largest absolute Gasteiger partial charge is 0.294 e. The molecule has 1 nitrogen and oxygen atoms in total. The molecule has 0 N–H and O–H groups in total. The van der Waals surface area contributed by atoms with Crippen LogP contribution in [0.4, 0.5) is 0 Å². The van der Waals surface area contributed by atoms with Crippen LogP contribution in [0.2, 0.25) is 0 Å². The van der Waals surface area contributed by atoms with Crippen LogP contribution < -0.4 is 0 Å². The molecular formula is C16H22O. The van der Waals surface area contributed by atoms with E-state index in [4.69, 9.17) is 0 Å². The zero-order chi connectivity index (χ0) is 12.3. The summed E-state index contributed by atoms with van der Waals surface area (Å²) < 4.78 is 0. The number of carbonyl (C=O) groups is 1. The van der Waals surface area contributed by atoms with Gasteiger partial charge in [-0.15, -0.1) is 0 Å². The predicted octanol–water partition coefficient (Wildman–Crippen LogP) is 4.26. The smallest absolute Gasteiger partial charge is 0.166 e. The minimum Gasteiger partial charge on any atom is -0.294 e. The van der Waals surface area contributed by atoms with E-state index in [2.05, 4.69) is 19.9 Å². The van der Waals surface area contributed by atoms with Crippen LogP contribution in [0.1, 0.15) is 55.5 Å². The number of carbonyl (C=O) groups excluding carboxylic acids is 1. The van der Waals surface area contributed by atoms with Gasteiger partial charge in [0.1, 0.15) is 0 Å². The van der Waals surface area contributed by atoms with Gasteiger partial charge < -0.3 is 0 Å². The van der Waals surface area contributed by atoms with E-state index in [0.717, 1.165) is 24.8 Å². The molecule has 92 valence electrons. The highest BCUT2D eigenvalue weighted by molar-refractivity contribution is 5.99. The predicted molar refractivity (Wildman–Crippen MR) is 71.3 cm³/mol. The molecule has 0 aromatic heterocycles. The molecule has 17 heavy (non-hydrogen) atoms. The van der Waals surface area contributed by atoms with Crippen molar-refractivity contribution in [1.82, 2.24) is 0 Å². The van der Waals surface area contributed by atoms with E-state index < -0.39 is 0 Å². The van der Waals surface area contributed by atoms with Gasteiger partial charge in [-0.25, -0.2) is 0 Å². The molecule has 0 bridgehead atoms. The number of ketones is 1. The van der Waals surface area contributed by atoms with E-state index >= 15 is 0 Å². The molecule has 0 radical (unpaired) electrons. The Hall–Kier alpha value is -1.11. The molecule has 2 rings (SSSR count). The van der Waals surface area contributed by atoms with Gasteiger partial charge in [0.15, 0.2) is 5.78 Å². The van der Waals surface area contributed by atoms with Crippen LogP contribution in [0.25, 0.3) is 0 Å². The third-order valence-corrected chi connectivity index (χ3v) is 3.97. The van der Waals surface area contributed by atoms with Gasteiger partial charge in [-0.1, -0.05) is 51.0 Å². The summed E-state index contributed by atoms with van der Waals surface area (Å²) in [5.74, 6) is 1.37. The molecular weight excluding hydrogens is 208 g/mol. The van der Waals surface area contributed by atoms with Crippen LogP contribution in [0.5, 0.6) is 0 Å². The van der Waals surface area contributed by atoms with E-state index in [1.54, 1.807) is 0 Å². The summed E-state index contributed by atoms with van der Waals surface area (Å²) in [7, 11) is 0. The van der Waals surface area contributed by atoms with Crippen molar-refractivity contribution in [1.29, 1.82) is 0 Å². The number of hydrogen-bond acceptors (Lipinski definition) is 1. The molecule has 2 unspecified atom stereocenters. The standard InChI is InChI=1S/C16H22O/c1-3-13-8-4-5-10-15(13)16(17)14-9-6-7-12(2)11-14/h4-5,8,10,12,14H,3,6-7,9,11H2,1-2H3. The van der Waals surface area contributed by atoms with Crippen molar-refractivity contribution >= 4 is 5.78 Å². The van der Waals surface area contributed by atoms with Gasteiger partial charge in [-0.3, -0.25) is 4.79 Å². The zero-order valence-corrected chi connectivity index (χ0v) is 10.9. The number of hydrogen-bond donors (Lipinski definition) is 0. The Balaban J connectivity index is 2.18. The molecule has 1 aromatic carbocycles. The van der Waals surface area contributed by atoms with Crippen LogP contribution in [-0.2, 0) is 6.42 Å². The summed E-state index contributed by atoms with van der Waals surface area (Å²) in [6.07, 6.45) is 5.62. The summed E-state index contributed by atoms with van der Waals surface area (Å²) in [5.41, 5.74) is 2.17. The minimum absolute atomic E-state index is 0.270. The first-order chi connectivity index (χ1) is 8.22. The second-order valence-electron chi connectivity index (χ2n) is 5.34. The highest BCUT2D eigenvalue weighted by Gasteiger charge is 2.26. The van der Waals surface area contributed by atoms with Crippen molar-refractivity contribution in [3.63, 3.8) is 0 Å². The molecule has 1 aromatic rings. The van der Waals surface area contributed by atoms with Crippen molar-refractivity contribution in [2.75, 3.05) is 0 Å². The molecule has 1 saturated carbocycles. The summed E-state index contributed by atoms with van der Waals surface area (Å²) in [4.78, 5) is 12.5. The van der Waals surface area contributed by atoms with E-state index in [1.165, 1.54) is 18.4 Å². The van der Waals surface area contributed by atoms with Crippen LogP contribution >= 0.6 is 0 Å². The third kappa shape index (κ3) is 2.77. The monoisotopic (exact) mass is 230 g/mol.